The molecule has 2 heterocycles. The average molecular weight is 414 g/mol. The maximum Gasteiger partial charge on any atom is 0.338 e. The summed E-state index contributed by atoms with van der Waals surface area (Å²) in [6.45, 7) is 5.31. The van der Waals surface area contributed by atoms with Gasteiger partial charge < -0.3 is 19.9 Å². The Bertz CT molecular complexity index is 991. The molecule has 2 aliphatic heterocycles. The SMILES string of the molecule is COc1ccc([C@H]2C(C(=O)OC(C)C)=C(C)N=C3SC(C#N)=C(N)N32)cc1OC. The molecule has 8 nitrogen and oxygen atoms in total. The second-order valence-electron chi connectivity index (χ2n) is 6.66. The van der Waals surface area contributed by atoms with Crippen LogP contribution in [-0.2, 0) is 9.53 Å². The van der Waals surface area contributed by atoms with E-state index in [-0.39, 0.29) is 11.9 Å². The van der Waals surface area contributed by atoms with Crippen molar-refractivity contribution in [2.75, 3.05) is 14.2 Å². The van der Waals surface area contributed by atoms with Gasteiger partial charge in [0.2, 0.25) is 0 Å². The van der Waals surface area contributed by atoms with E-state index in [0.717, 1.165) is 5.56 Å². The molecule has 0 saturated heterocycles. The number of esters is 1. The Morgan fingerprint density at radius 3 is 2.59 bits per heavy atom. The number of amidine groups is 1. The molecule has 1 atom stereocenters. The second-order valence-corrected chi connectivity index (χ2v) is 7.64. The Morgan fingerprint density at radius 2 is 2.00 bits per heavy atom. The third-order valence-electron chi connectivity index (χ3n) is 4.46. The van der Waals surface area contributed by atoms with Crippen molar-refractivity contribution >= 4 is 22.9 Å². The molecule has 0 radical (unpaired) electrons. The third kappa shape index (κ3) is 3.63. The van der Waals surface area contributed by atoms with E-state index in [4.69, 9.17) is 19.9 Å². The van der Waals surface area contributed by atoms with Gasteiger partial charge in [-0.2, -0.15) is 5.26 Å². The molecule has 152 valence electrons. The van der Waals surface area contributed by atoms with Gasteiger partial charge in [-0.05, 0) is 50.2 Å². The number of fused-ring (bicyclic) bond motifs is 1. The number of nitrogens with zero attached hydrogens (tertiary/aromatic N) is 3. The Balaban J connectivity index is 2.20. The van der Waals surface area contributed by atoms with Crippen LogP contribution in [0.15, 0.2) is 45.2 Å². The van der Waals surface area contributed by atoms with Crippen molar-refractivity contribution in [3.63, 3.8) is 0 Å². The number of thioether (sulfide) groups is 1. The first-order chi connectivity index (χ1) is 13.8. The monoisotopic (exact) mass is 414 g/mol. The van der Waals surface area contributed by atoms with Crippen LogP contribution in [0.4, 0.5) is 0 Å². The maximum absolute atomic E-state index is 13.0. The summed E-state index contributed by atoms with van der Waals surface area (Å²) < 4.78 is 16.2. The van der Waals surface area contributed by atoms with E-state index >= 15 is 0 Å². The zero-order valence-electron chi connectivity index (χ0n) is 16.8. The predicted molar refractivity (Wildman–Crippen MR) is 110 cm³/mol. The van der Waals surface area contributed by atoms with E-state index in [2.05, 4.69) is 11.1 Å². The summed E-state index contributed by atoms with van der Waals surface area (Å²) in [5.41, 5.74) is 7.86. The fraction of sp³-hybridized carbons (Fsp3) is 0.350. The van der Waals surface area contributed by atoms with E-state index in [1.54, 1.807) is 44.9 Å². The number of allylic oxidation sites excluding steroid dienone is 2. The number of carbonyl (C=O) groups is 1. The lowest BCUT2D eigenvalue weighted by molar-refractivity contribution is -0.143. The highest BCUT2D eigenvalue weighted by Crippen LogP contribution is 2.46. The van der Waals surface area contributed by atoms with Gasteiger partial charge >= 0.3 is 5.97 Å². The number of methoxy groups -OCH3 is 2. The summed E-state index contributed by atoms with van der Waals surface area (Å²) in [6, 6.07) is 6.84. The molecule has 0 saturated carbocycles. The van der Waals surface area contributed by atoms with Gasteiger partial charge in [-0.1, -0.05) is 6.07 Å². The molecule has 3 rings (SSSR count). The molecule has 29 heavy (non-hydrogen) atoms. The van der Waals surface area contributed by atoms with Gasteiger partial charge in [0, 0.05) is 0 Å². The molecule has 0 amide bonds. The van der Waals surface area contributed by atoms with Gasteiger partial charge in [0.25, 0.3) is 0 Å². The largest absolute Gasteiger partial charge is 0.493 e. The van der Waals surface area contributed by atoms with Crippen molar-refractivity contribution in [1.82, 2.24) is 4.90 Å². The summed E-state index contributed by atoms with van der Waals surface area (Å²) in [7, 11) is 3.09. The average Bonchev–Trinajstić information content (AvgIpc) is 3.00. The molecular formula is C20H22N4O4S. The topological polar surface area (TPSA) is 110 Å². The number of nitrogens with two attached hydrogens (primary N) is 1. The van der Waals surface area contributed by atoms with Crippen LogP contribution in [0, 0.1) is 11.3 Å². The van der Waals surface area contributed by atoms with Crippen LogP contribution in [0.2, 0.25) is 0 Å². The van der Waals surface area contributed by atoms with Crippen molar-refractivity contribution in [2.24, 2.45) is 10.7 Å². The van der Waals surface area contributed by atoms with Crippen LogP contribution in [-0.4, -0.2) is 36.4 Å². The molecule has 0 aliphatic carbocycles. The fourth-order valence-electron chi connectivity index (χ4n) is 3.22. The van der Waals surface area contributed by atoms with E-state index in [1.165, 1.54) is 18.9 Å². The molecule has 0 spiro atoms. The van der Waals surface area contributed by atoms with E-state index < -0.39 is 12.0 Å². The second kappa shape index (κ2) is 8.09. The highest BCUT2D eigenvalue weighted by Gasteiger charge is 2.43. The number of ether oxygens (including phenoxy) is 3. The van der Waals surface area contributed by atoms with Crippen LogP contribution in [0.1, 0.15) is 32.4 Å². The number of nitriles is 1. The number of benzene rings is 1. The Hall–Kier alpha value is -3.12. The molecular weight excluding hydrogens is 392 g/mol. The molecule has 0 bridgehead atoms. The van der Waals surface area contributed by atoms with E-state index in [9.17, 15) is 10.1 Å². The van der Waals surface area contributed by atoms with E-state index in [0.29, 0.717) is 32.8 Å². The zero-order valence-corrected chi connectivity index (χ0v) is 17.7. The molecule has 2 aliphatic rings. The Morgan fingerprint density at radius 1 is 1.31 bits per heavy atom. The number of carbonyl (C=O) groups excluding carboxylic acids is 1. The third-order valence-corrected chi connectivity index (χ3v) is 5.44. The Labute approximate surface area is 173 Å². The summed E-state index contributed by atoms with van der Waals surface area (Å²) in [4.78, 5) is 19.5. The summed E-state index contributed by atoms with van der Waals surface area (Å²) in [6.07, 6.45) is -0.297. The van der Waals surface area contributed by atoms with Crippen LogP contribution in [0.25, 0.3) is 0 Å². The lowest BCUT2D eigenvalue weighted by Gasteiger charge is -2.35. The number of hydrogen-bond donors (Lipinski definition) is 1. The summed E-state index contributed by atoms with van der Waals surface area (Å²) in [5, 5.41) is 9.96. The number of aliphatic imine (C=N–C) groups is 1. The number of rotatable bonds is 5. The minimum atomic E-state index is -0.619. The lowest BCUT2D eigenvalue weighted by Crippen LogP contribution is -2.39. The van der Waals surface area contributed by atoms with Crippen molar-refractivity contribution < 1.29 is 19.0 Å². The highest BCUT2D eigenvalue weighted by molar-refractivity contribution is 8.17. The van der Waals surface area contributed by atoms with Crippen molar-refractivity contribution in [3.8, 4) is 17.6 Å². The maximum atomic E-state index is 13.0. The van der Waals surface area contributed by atoms with Crippen molar-refractivity contribution in [3.05, 3.63) is 45.8 Å². The Kier molecular flexibility index (Phi) is 5.75. The van der Waals surface area contributed by atoms with Crippen molar-refractivity contribution in [1.29, 1.82) is 5.26 Å². The van der Waals surface area contributed by atoms with Crippen LogP contribution < -0.4 is 15.2 Å². The first kappa shape index (κ1) is 20.6. The highest BCUT2D eigenvalue weighted by atomic mass is 32.2. The minimum Gasteiger partial charge on any atom is -0.493 e. The molecule has 0 unspecified atom stereocenters. The zero-order chi connectivity index (χ0) is 21.3. The van der Waals surface area contributed by atoms with Crippen molar-refractivity contribution in [2.45, 2.75) is 32.9 Å². The molecule has 0 fully saturated rings. The van der Waals surface area contributed by atoms with Crippen LogP contribution in [0.3, 0.4) is 0 Å². The number of hydrogen-bond acceptors (Lipinski definition) is 9. The van der Waals surface area contributed by atoms with Gasteiger partial charge in [-0.15, -0.1) is 0 Å². The molecule has 9 heteroatoms. The van der Waals surface area contributed by atoms with Gasteiger partial charge in [0.05, 0.1) is 37.6 Å². The van der Waals surface area contributed by atoms with Crippen LogP contribution >= 0.6 is 11.8 Å². The van der Waals surface area contributed by atoms with Gasteiger partial charge in [0.15, 0.2) is 16.7 Å². The van der Waals surface area contributed by atoms with Crippen LogP contribution in [0.5, 0.6) is 11.5 Å². The lowest BCUT2D eigenvalue weighted by atomic mass is 9.94. The normalized spacial score (nSPS) is 18.4. The summed E-state index contributed by atoms with van der Waals surface area (Å²) >= 11 is 1.18. The molecule has 0 aromatic heterocycles. The smallest absolute Gasteiger partial charge is 0.338 e. The van der Waals surface area contributed by atoms with E-state index in [1.807, 2.05) is 6.07 Å². The minimum absolute atomic E-state index is 0.249. The first-order valence-electron chi connectivity index (χ1n) is 8.91. The standard InChI is InChI=1S/C20H22N4O4S/c1-10(2)28-19(25)16-11(3)23-20-24(18(22)15(9-21)29-20)17(16)12-6-7-13(26-4)14(8-12)27-5/h6-8,10,17H,22H2,1-5H3/t17-/m0/s1. The summed E-state index contributed by atoms with van der Waals surface area (Å²) in [5.74, 6) is 0.838. The quantitative estimate of drug-likeness (QED) is 0.732. The first-order valence-corrected chi connectivity index (χ1v) is 9.73. The fourth-order valence-corrected chi connectivity index (χ4v) is 4.13. The predicted octanol–water partition coefficient (Wildman–Crippen LogP) is 3.04. The molecule has 1 aromatic carbocycles. The molecule has 1 aromatic rings. The van der Waals surface area contributed by atoms with Gasteiger partial charge in [-0.3, -0.25) is 4.90 Å². The molecule has 2 N–H and O–H groups in total. The van der Waals surface area contributed by atoms with Gasteiger partial charge in [0.1, 0.15) is 16.8 Å². The van der Waals surface area contributed by atoms with Gasteiger partial charge in [-0.25, -0.2) is 9.79 Å².